The molecule has 4 nitrogen and oxygen atoms in total. The van der Waals surface area contributed by atoms with Gasteiger partial charge in [0.25, 0.3) is 0 Å². The molecular formula is C23H30O4. The lowest BCUT2D eigenvalue weighted by atomic mass is 9.70. The van der Waals surface area contributed by atoms with E-state index in [0.29, 0.717) is 11.1 Å². The molecule has 0 radical (unpaired) electrons. The zero-order valence-electron chi connectivity index (χ0n) is 17.3. The Morgan fingerprint density at radius 2 is 1.30 bits per heavy atom. The molecule has 4 bridgehead atoms. The van der Waals surface area contributed by atoms with Crippen LogP contribution in [-0.2, 0) is 19.1 Å². The van der Waals surface area contributed by atoms with Gasteiger partial charge >= 0.3 is 5.97 Å². The number of hydrogen-bond acceptors (Lipinski definition) is 4. The van der Waals surface area contributed by atoms with Gasteiger partial charge in [0.15, 0.2) is 11.6 Å². The number of carbonyl (C=O) groups is 3. The fourth-order valence-corrected chi connectivity index (χ4v) is 6.44. The number of esters is 1. The molecule has 4 unspecified atom stereocenters. The lowest BCUT2D eigenvalue weighted by molar-refractivity contribution is -0.133. The molecule has 0 spiro atoms. The van der Waals surface area contributed by atoms with Crippen molar-refractivity contribution in [2.24, 2.45) is 33.5 Å². The van der Waals surface area contributed by atoms with Crippen molar-refractivity contribution in [3.63, 3.8) is 0 Å². The van der Waals surface area contributed by atoms with Gasteiger partial charge in [-0.3, -0.25) is 9.59 Å². The van der Waals surface area contributed by atoms with E-state index in [2.05, 4.69) is 27.7 Å². The summed E-state index contributed by atoms with van der Waals surface area (Å²) in [4.78, 5) is 38.1. The van der Waals surface area contributed by atoms with Crippen LogP contribution in [0, 0.1) is 33.5 Å². The molecule has 4 aliphatic carbocycles. The van der Waals surface area contributed by atoms with Crippen LogP contribution >= 0.6 is 0 Å². The number of rotatable bonds is 2. The lowest BCUT2D eigenvalue weighted by Crippen LogP contribution is -2.32. The van der Waals surface area contributed by atoms with Crippen molar-refractivity contribution in [1.29, 1.82) is 0 Å². The lowest BCUT2D eigenvalue weighted by Gasteiger charge is -2.31. The summed E-state index contributed by atoms with van der Waals surface area (Å²) in [6, 6.07) is 0. The summed E-state index contributed by atoms with van der Waals surface area (Å²) in [6.45, 7) is 12.5. The molecule has 0 aliphatic heterocycles. The number of allylic oxidation sites excluding steroid dienone is 2. The van der Waals surface area contributed by atoms with Gasteiger partial charge < -0.3 is 4.74 Å². The maximum Gasteiger partial charge on any atom is 0.335 e. The van der Waals surface area contributed by atoms with Crippen LogP contribution in [0.1, 0.15) is 67.2 Å². The Bertz CT molecular complexity index is 827. The molecule has 0 aromatic carbocycles. The maximum absolute atomic E-state index is 12.8. The number of hydrogen-bond donors (Lipinski definition) is 0. The highest BCUT2D eigenvalue weighted by atomic mass is 16.5. The molecule has 0 aromatic heterocycles. The Balaban J connectivity index is 1.55. The summed E-state index contributed by atoms with van der Waals surface area (Å²) in [6.07, 6.45) is 6.39. The van der Waals surface area contributed by atoms with Gasteiger partial charge in [0.05, 0.1) is 0 Å². The predicted octanol–water partition coefficient (Wildman–Crippen LogP) is 4.39. The van der Waals surface area contributed by atoms with E-state index in [1.54, 1.807) is 0 Å². The van der Waals surface area contributed by atoms with Crippen molar-refractivity contribution in [3.05, 3.63) is 23.5 Å². The molecule has 0 saturated heterocycles. The van der Waals surface area contributed by atoms with Crippen LogP contribution in [-0.4, -0.2) is 17.5 Å². The van der Waals surface area contributed by atoms with Gasteiger partial charge in [0.2, 0.25) is 0 Å². The van der Waals surface area contributed by atoms with Crippen LogP contribution in [0.4, 0.5) is 0 Å². The molecule has 0 heterocycles. The van der Waals surface area contributed by atoms with E-state index in [1.807, 2.05) is 13.8 Å². The van der Waals surface area contributed by atoms with E-state index in [1.165, 1.54) is 12.3 Å². The fourth-order valence-electron chi connectivity index (χ4n) is 6.44. The van der Waals surface area contributed by atoms with Crippen molar-refractivity contribution < 1.29 is 19.1 Å². The van der Waals surface area contributed by atoms with Gasteiger partial charge in [-0.2, -0.15) is 0 Å². The van der Waals surface area contributed by atoms with E-state index >= 15 is 0 Å². The summed E-state index contributed by atoms with van der Waals surface area (Å²) in [5, 5.41) is 0. The molecule has 4 atom stereocenters. The SMILES string of the molecule is CC12CCC(/C(=C/OC(=O)/C=C3\C(=O)C4(C)CCC3C4(C)C)C1=O)C2(C)C. The standard InChI is InChI=1S/C23H30O4/c1-20(2)15-7-9-22(20,5)18(25)13(15)11-17(24)27-12-14-16-8-10-23(6,19(14)26)21(16,3)4/h11-12,15-16H,7-10H2,1-6H3/b13-11-,14-12-. The molecule has 0 aromatic rings. The van der Waals surface area contributed by atoms with Crippen molar-refractivity contribution in [2.45, 2.75) is 67.2 Å². The first-order chi connectivity index (χ1) is 12.4. The highest BCUT2D eigenvalue weighted by molar-refractivity contribution is 6.08. The average Bonchev–Trinajstić information content (AvgIpc) is 3.06. The summed E-state index contributed by atoms with van der Waals surface area (Å²) in [5.41, 5.74) is 0.235. The second-order valence-corrected chi connectivity index (χ2v) is 10.6. The second-order valence-electron chi connectivity index (χ2n) is 10.6. The third-order valence-corrected chi connectivity index (χ3v) is 9.31. The largest absolute Gasteiger partial charge is 0.431 e. The van der Waals surface area contributed by atoms with Gasteiger partial charge in [-0.1, -0.05) is 41.5 Å². The van der Waals surface area contributed by atoms with Crippen LogP contribution < -0.4 is 0 Å². The summed E-state index contributed by atoms with van der Waals surface area (Å²) >= 11 is 0. The van der Waals surface area contributed by atoms with Crippen molar-refractivity contribution >= 4 is 17.5 Å². The predicted molar refractivity (Wildman–Crippen MR) is 101 cm³/mol. The van der Waals surface area contributed by atoms with Gasteiger partial charge in [0.1, 0.15) is 6.26 Å². The molecule has 0 amide bonds. The highest BCUT2D eigenvalue weighted by Crippen LogP contribution is 2.66. The quantitative estimate of drug-likeness (QED) is 0.411. The zero-order valence-corrected chi connectivity index (χ0v) is 17.3. The monoisotopic (exact) mass is 370 g/mol. The Morgan fingerprint density at radius 3 is 1.70 bits per heavy atom. The first-order valence-corrected chi connectivity index (χ1v) is 10.1. The first-order valence-electron chi connectivity index (χ1n) is 10.1. The molecule has 4 aliphatic rings. The van der Waals surface area contributed by atoms with Crippen molar-refractivity contribution in [3.8, 4) is 0 Å². The van der Waals surface area contributed by atoms with E-state index < -0.39 is 5.97 Å². The van der Waals surface area contributed by atoms with Crippen LogP contribution in [0.15, 0.2) is 23.5 Å². The van der Waals surface area contributed by atoms with E-state index in [9.17, 15) is 14.4 Å². The average molecular weight is 370 g/mol. The van der Waals surface area contributed by atoms with E-state index in [4.69, 9.17) is 4.74 Å². The Hall–Kier alpha value is -1.71. The number of carbonyl (C=O) groups excluding carboxylic acids is 3. The smallest absolute Gasteiger partial charge is 0.335 e. The third-order valence-electron chi connectivity index (χ3n) is 9.31. The van der Waals surface area contributed by atoms with E-state index in [0.717, 1.165) is 25.7 Å². The highest BCUT2D eigenvalue weighted by Gasteiger charge is 2.65. The van der Waals surface area contributed by atoms with Crippen LogP contribution in [0.2, 0.25) is 0 Å². The topological polar surface area (TPSA) is 60.4 Å². The molecule has 4 fully saturated rings. The summed E-state index contributed by atoms with van der Waals surface area (Å²) < 4.78 is 5.36. The van der Waals surface area contributed by atoms with Gasteiger partial charge in [-0.25, -0.2) is 4.79 Å². The van der Waals surface area contributed by atoms with Crippen LogP contribution in [0.5, 0.6) is 0 Å². The number of Topliss-reactive ketones (excluding diaryl/α,β-unsaturated/α-hetero) is 2. The molecular weight excluding hydrogens is 340 g/mol. The second kappa shape index (κ2) is 5.21. The molecule has 4 rings (SSSR count). The minimum Gasteiger partial charge on any atom is -0.431 e. The number of ether oxygens (including phenoxy) is 1. The molecule has 27 heavy (non-hydrogen) atoms. The van der Waals surface area contributed by atoms with Crippen LogP contribution in [0.25, 0.3) is 0 Å². The molecule has 4 saturated carbocycles. The number of ketones is 2. The molecule has 0 N–H and O–H groups in total. The summed E-state index contributed by atoms with van der Waals surface area (Å²) in [5.74, 6) is -0.113. The van der Waals surface area contributed by atoms with Gasteiger partial charge in [-0.05, 0) is 48.3 Å². The Morgan fingerprint density at radius 1 is 0.852 bits per heavy atom. The van der Waals surface area contributed by atoms with Crippen molar-refractivity contribution in [2.75, 3.05) is 0 Å². The minimum atomic E-state index is -0.545. The number of fused-ring (bicyclic) bond motifs is 4. The Labute approximate surface area is 161 Å². The van der Waals surface area contributed by atoms with Gasteiger partial charge in [-0.15, -0.1) is 0 Å². The Kier molecular flexibility index (Phi) is 3.60. The molecule has 146 valence electrons. The summed E-state index contributed by atoms with van der Waals surface area (Å²) in [7, 11) is 0. The van der Waals surface area contributed by atoms with Gasteiger partial charge in [0, 0.05) is 28.1 Å². The van der Waals surface area contributed by atoms with E-state index in [-0.39, 0.29) is 45.1 Å². The third kappa shape index (κ3) is 2.02. The van der Waals surface area contributed by atoms with Crippen LogP contribution in [0.3, 0.4) is 0 Å². The zero-order chi connectivity index (χ0) is 20.0. The first kappa shape index (κ1) is 18.6. The normalized spacial score (nSPS) is 43.9. The minimum absolute atomic E-state index is 0.0815. The van der Waals surface area contributed by atoms with Crippen molar-refractivity contribution in [1.82, 2.24) is 0 Å². The molecule has 4 heteroatoms. The fraction of sp³-hybridized carbons (Fsp3) is 0.696. The maximum atomic E-state index is 12.8.